The maximum absolute atomic E-state index is 12.7. The van der Waals surface area contributed by atoms with Crippen molar-refractivity contribution in [2.75, 3.05) is 7.11 Å². The van der Waals surface area contributed by atoms with Gasteiger partial charge in [0, 0.05) is 0 Å². The van der Waals surface area contributed by atoms with E-state index in [0.29, 0.717) is 12.4 Å². The van der Waals surface area contributed by atoms with Crippen LogP contribution in [0.1, 0.15) is 5.56 Å². The highest BCUT2D eigenvalue weighted by molar-refractivity contribution is 9.10. The SMILES string of the molecule is COc1ccc(COc2ccc(F)cc2)cc1Br. The molecule has 2 rings (SSSR count). The summed E-state index contributed by atoms with van der Waals surface area (Å²) in [7, 11) is 1.62. The van der Waals surface area contributed by atoms with Crippen LogP contribution in [0.3, 0.4) is 0 Å². The lowest BCUT2D eigenvalue weighted by molar-refractivity contribution is 0.305. The highest BCUT2D eigenvalue weighted by Gasteiger charge is 2.02. The molecule has 18 heavy (non-hydrogen) atoms. The predicted molar refractivity (Wildman–Crippen MR) is 71.4 cm³/mol. The Morgan fingerprint density at radius 2 is 1.83 bits per heavy atom. The molecule has 2 aromatic rings. The standard InChI is InChI=1S/C14H12BrFO2/c1-17-14-7-2-10(8-13(14)15)9-18-12-5-3-11(16)4-6-12/h2-8H,9H2,1H3. The van der Waals surface area contributed by atoms with E-state index in [-0.39, 0.29) is 5.82 Å². The molecule has 0 radical (unpaired) electrons. The molecule has 2 aromatic carbocycles. The zero-order valence-corrected chi connectivity index (χ0v) is 11.4. The van der Waals surface area contributed by atoms with Gasteiger partial charge in [0.15, 0.2) is 0 Å². The summed E-state index contributed by atoms with van der Waals surface area (Å²) in [5.41, 5.74) is 1.01. The van der Waals surface area contributed by atoms with E-state index in [2.05, 4.69) is 15.9 Å². The van der Waals surface area contributed by atoms with Crippen LogP contribution in [0, 0.1) is 5.82 Å². The highest BCUT2D eigenvalue weighted by atomic mass is 79.9. The van der Waals surface area contributed by atoms with Gasteiger partial charge < -0.3 is 9.47 Å². The topological polar surface area (TPSA) is 18.5 Å². The fourth-order valence-electron chi connectivity index (χ4n) is 1.50. The molecule has 0 aliphatic carbocycles. The number of hydrogen-bond acceptors (Lipinski definition) is 2. The number of ether oxygens (including phenoxy) is 2. The van der Waals surface area contributed by atoms with E-state index in [1.54, 1.807) is 19.2 Å². The third-order valence-electron chi connectivity index (χ3n) is 2.44. The van der Waals surface area contributed by atoms with Crippen LogP contribution >= 0.6 is 15.9 Å². The van der Waals surface area contributed by atoms with Crippen molar-refractivity contribution < 1.29 is 13.9 Å². The zero-order valence-electron chi connectivity index (χ0n) is 9.82. The Morgan fingerprint density at radius 3 is 2.44 bits per heavy atom. The van der Waals surface area contributed by atoms with Crippen LogP contribution in [0.5, 0.6) is 11.5 Å². The van der Waals surface area contributed by atoms with E-state index < -0.39 is 0 Å². The van der Waals surface area contributed by atoms with Gasteiger partial charge in [-0.2, -0.15) is 0 Å². The molecule has 0 N–H and O–H groups in total. The molecule has 0 aliphatic heterocycles. The minimum Gasteiger partial charge on any atom is -0.496 e. The van der Waals surface area contributed by atoms with Crippen molar-refractivity contribution in [1.29, 1.82) is 0 Å². The summed E-state index contributed by atoms with van der Waals surface area (Å²) >= 11 is 3.41. The van der Waals surface area contributed by atoms with E-state index in [9.17, 15) is 4.39 Å². The van der Waals surface area contributed by atoms with Crippen molar-refractivity contribution in [1.82, 2.24) is 0 Å². The molecule has 94 valence electrons. The van der Waals surface area contributed by atoms with Crippen molar-refractivity contribution in [3.05, 3.63) is 58.3 Å². The van der Waals surface area contributed by atoms with E-state index in [4.69, 9.17) is 9.47 Å². The van der Waals surface area contributed by atoms with Crippen LogP contribution in [0.15, 0.2) is 46.9 Å². The van der Waals surface area contributed by atoms with Gasteiger partial charge in [0.1, 0.15) is 23.9 Å². The second kappa shape index (κ2) is 5.87. The van der Waals surface area contributed by atoms with Crippen molar-refractivity contribution in [2.24, 2.45) is 0 Å². The zero-order chi connectivity index (χ0) is 13.0. The fourth-order valence-corrected chi connectivity index (χ4v) is 2.09. The summed E-state index contributed by atoms with van der Waals surface area (Å²) in [5, 5.41) is 0. The molecule has 0 saturated carbocycles. The molecule has 2 nitrogen and oxygen atoms in total. The van der Waals surface area contributed by atoms with E-state index in [0.717, 1.165) is 15.8 Å². The van der Waals surface area contributed by atoms with Crippen LogP contribution in [-0.2, 0) is 6.61 Å². The second-order valence-electron chi connectivity index (χ2n) is 3.71. The molecule has 0 aliphatic rings. The number of benzene rings is 2. The monoisotopic (exact) mass is 310 g/mol. The Balaban J connectivity index is 2.02. The first-order chi connectivity index (χ1) is 8.69. The largest absolute Gasteiger partial charge is 0.496 e. The lowest BCUT2D eigenvalue weighted by Gasteiger charge is -2.08. The molecule has 0 unspecified atom stereocenters. The van der Waals surface area contributed by atoms with Gasteiger partial charge in [-0.25, -0.2) is 4.39 Å². The molecule has 0 atom stereocenters. The highest BCUT2D eigenvalue weighted by Crippen LogP contribution is 2.26. The molecular weight excluding hydrogens is 299 g/mol. The first-order valence-electron chi connectivity index (χ1n) is 5.40. The lowest BCUT2D eigenvalue weighted by Crippen LogP contribution is -1.96. The second-order valence-corrected chi connectivity index (χ2v) is 4.57. The Hall–Kier alpha value is -1.55. The fraction of sp³-hybridized carbons (Fsp3) is 0.143. The van der Waals surface area contributed by atoms with Gasteiger partial charge >= 0.3 is 0 Å². The maximum atomic E-state index is 12.7. The molecule has 0 amide bonds. The van der Waals surface area contributed by atoms with Gasteiger partial charge in [-0.3, -0.25) is 0 Å². The van der Waals surface area contributed by atoms with Crippen LogP contribution < -0.4 is 9.47 Å². The average molecular weight is 311 g/mol. The van der Waals surface area contributed by atoms with Crippen molar-refractivity contribution in [2.45, 2.75) is 6.61 Å². The van der Waals surface area contributed by atoms with E-state index >= 15 is 0 Å². The van der Waals surface area contributed by atoms with Gasteiger partial charge in [0.05, 0.1) is 11.6 Å². The van der Waals surface area contributed by atoms with Crippen molar-refractivity contribution >= 4 is 15.9 Å². The minimum absolute atomic E-state index is 0.269. The van der Waals surface area contributed by atoms with Gasteiger partial charge in [-0.05, 0) is 57.9 Å². The molecule has 4 heteroatoms. The summed E-state index contributed by atoms with van der Waals surface area (Å²) in [6.07, 6.45) is 0. The summed E-state index contributed by atoms with van der Waals surface area (Å²) < 4.78 is 24.3. The quantitative estimate of drug-likeness (QED) is 0.843. The summed E-state index contributed by atoms with van der Waals surface area (Å²) in [6.45, 7) is 0.425. The number of methoxy groups -OCH3 is 1. The lowest BCUT2D eigenvalue weighted by atomic mass is 10.2. The number of halogens is 2. The maximum Gasteiger partial charge on any atom is 0.133 e. The van der Waals surface area contributed by atoms with Crippen molar-refractivity contribution in [3.8, 4) is 11.5 Å². The van der Waals surface area contributed by atoms with Crippen LogP contribution in [0.4, 0.5) is 4.39 Å². The van der Waals surface area contributed by atoms with Crippen LogP contribution in [0.2, 0.25) is 0 Å². The Kier molecular flexibility index (Phi) is 4.20. The van der Waals surface area contributed by atoms with Gasteiger partial charge in [0.2, 0.25) is 0 Å². The Morgan fingerprint density at radius 1 is 1.11 bits per heavy atom. The predicted octanol–water partition coefficient (Wildman–Crippen LogP) is 4.18. The first kappa shape index (κ1) is 12.9. The number of hydrogen-bond donors (Lipinski definition) is 0. The summed E-state index contributed by atoms with van der Waals surface area (Å²) in [6, 6.07) is 11.7. The molecule has 0 saturated heterocycles. The molecule has 0 fully saturated rings. The normalized spacial score (nSPS) is 10.2. The van der Waals surface area contributed by atoms with Gasteiger partial charge in [-0.15, -0.1) is 0 Å². The van der Waals surface area contributed by atoms with Gasteiger partial charge in [-0.1, -0.05) is 6.07 Å². The third kappa shape index (κ3) is 3.23. The van der Waals surface area contributed by atoms with Crippen LogP contribution in [0.25, 0.3) is 0 Å². The van der Waals surface area contributed by atoms with E-state index in [1.807, 2.05) is 18.2 Å². The van der Waals surface area contributed by atoms with Crippen molar-refractivity contribution in [3.63, 3.8) is 0 Å². The van der Waals surface area contributed by atoms with Crippen LogP contribution in [-0.4, -0.2) is 7.11 Å². The third-order valence-corrected chi connectivity index (χ3v) is 3.06. The summed E-state index contributed by atoms with van der Waals surface area (Å²) in [5.74, 6) is 1.15. The minimum atomic E-state index is -0.269. The number of rotatable bonds is 4. The first-order valence-corrected chi connectivity index (χ1v) is 6.19. The Bertz CT molecular complexity index is 526. The molecular formula is C14H12BrFO2. The molecule has 0 aromatic heterocycles. The smallest absolute Gasteiger partial charge is 0.133 e. The van der Waals surface area contributed by atoms with E-state index in [1.165, 1.54) is 12.1 Å². The molecule has 0 bridgehead atoms. The van der Waals surface area contributed by atoms with Gasteiger partial charge in [0.25, 0.3) is 0 Å². The Labute approximate surface area is 113 Å². The average Bonchev–Trinajstić information content (AvgIpc) is 2.38. The molecule has 0 spiro atoms. The molecule has 0 heterocycles. The summed E-state index contributed by atoms with van der Waals surface area (Å²) in [4.78, 5) is 0.